The summed E-state index contributed by atoms with van der Waals surface area (Å²) in [7, 11) is 0. The van der Waals surface area contributed by atoms with E-state index >= 15 is 0 Å². The molecule has 0 aromatic heterocycles. The Hall–Kier alpha value is 0.270. The Morgan fingerprint density at radius 3 is 2.00 bits per heavy atom. The molecule has 60 valence electrons. The lowest BCUT2D eigenvalue weighted by molar-refractivity contribution is 0.618. The van der Waals surface area contributed by atoms with Gasteiger partial charge in [-0.25, -0.2) is 0 Å². The van der Waals surface area contributed by atoms with E-state index in [2.05, 4.69) is 10.6 Å². The molecule has 0 radical (unpaired) electrons. The Kier molecular flexibility index (Phi) is 5.03. The molecule has 0 aliphatic carbocycles. The molecule has 0 amide bonds. The van der Waals surface area contributed by atoms with Crippen LogP contribution in [-0.4, -0.2) is 37.7 Å². The van der Waals surface area contributed by atoms with E-state index in [1.807, 2.05) is 11.8 Å². The Morgan fingerprint density at radius 1 is 0.800 bits per heavy atom. The van der Waals surface area contributed by atoms with Crippen molar-refractivity contribution in [3.05, 3.63) is 0 Å². The molecule has 2 N–H and O–H groups in total. The molecule has 1 aliphatic heterocycles. The molecule has 0 spiro atoms. The van der Waals surface area contributed by atoms with Gasteiger partial charge < -0.3 is 10.6 Å². The van der Waals surface area contributed by atoms with Crippen molar-refractivity contribution < 1.29 is 0 Å². The number of rotatable bonds is 0. The zero-order chi connectivity index (χ0) is 7.07. The number of hydrogen-bond acceptors (Lipinski definition) is 3. The van der Waals surface area contributed by atoms with Gasteiger partial charge in [0.2, 0.25) is 0 Å². The van der Waals surface area contributed by atoms with Gasteiger partial charge in [0.25, 0.3) is 0 Å². The first kappa shape index (κ1) is 8.37. The third-order valence-corrected chi connectivity index (χ3v) is 2.54. The molecule has 0 unspecified atom stereocenters. The minimum absolute atomic E-state index is 1.17. The normalized spacial score (nSPS) is 24.0. The molecule has 1 aliphatic rings. The highest BCUT2D eigenvalue weighted by molar-refractivity contribution is 7.99. The molecule has 0 bridgehead atoms. The van der Waals surface area contributed by atoms with Crippen LogP contribution in [0.2, 0.25) is 0 Å². The SMILES string of the molecule is C1CNCCSCCNC1. The summed E-state index contributed by atoms with van der Waals surface area (Å²) in [5.41, 5.74) is 0. The van der Waals surface area contributed by atoms with Crippen LogP contribution in [0.25, 0.3) is 0 Å². The van der Waals surface area contributed by atoms with E-state index in [9.17, 15) is 0 Å². The summed E-state index contributed by atoms with van der Waals surface area (Å²) in [5, 5.41) is 6.79. The highest BCUT2D eigenvalue weighted by Crippen LogP contribution is 1.96. The maximum Gasteiger partial charge on any atom is 0.00585 e. The topological polar surface area (TPSA) is 24.1 Å². The van der Waals surface area contributed by atoms with E-state index in [1.165, 1.54) is 44.1 Å². The lowest BCUT2D eigenvalue weighted by atomic mass is 10.4. The third-order valence-electron chi connectivity index (χ3n) is 1.55. The van der Waals surface area contributed by atoms with Crippen molar-refractivity contribution in [3.8, 4) is 0 Å². The monoisotopic (exact) mass is 160 g/mol. The van der Waals surface area contributed by atoms with Crippen molar-refractivity contribution in [1.29, 1.82) is 0 Å². The van der Waals surface area contributed by atoms with Crippen molar-refractivity contribution in [3.63, 3.8) is 0 Å². The predicted octanol–water partition coefficient (Wildman–Crippen LogP) is 0.302. The second kappa shape index (κ2) is 6.01. The second-order valence-electron chi connectivity index (χ2n) is 2.47. The van der Waals surface area contributed by atoms with Crippen LogP contribution in [0.15, 0.2) is 0 Å². The standard InChI is InChI=1S/C7H16N2S/c1-2-8-4-6-10-7-5-9-3-1/h8-9H,1-7H2. The average molecular weight is 160 g/mol. The van der Waals surface area contributed by atoms with E-state index in [0.717, 1.165) is 0 Å². The summed E-state index contributed by atoms with van der Waals surface area (Å²) in [4.78, 5) is 0. The zero-order valence-electron chi connectivity index (χ0n) is 6.36. The molecule has 0 saturated carbocycles. The Morgan fingerprint density at radius 2 is 1.40 bits per heavy atom. The lowest BCUT2D eigenvalue weighted by Gasteiger charge is -2.09. The highest BCUT2D eigenvalue weighted by atomic mass is 32.2. The van der Waals surface area contributed by atoms with Gasteiger partial charge in [-0.1, -0.05) is 0 Å². The van der Waals surface area contributed by atoms with Crippen LogP contribution in [0.3, 0.4) is 0 Å². The quantitative estimate of drug-likeness (QED) is 0.533. The number of thioether (sulfide) groups is 1. The molecule has 1 heterocycles. The van der Waals surface area contributed by atoms with Crippen LogP contribution in [0, 0.1) is 0 Å². The summed E-state index contributed by atoms with van der Waals surface area (Å²) in [5.74, 6) is 2.53. The molecule has 2 nitrogen and oxygen atoms in total. The van der Waals surface area contributed by atoms with Crippen LogP contribution >= 0.6 is 11.8 Å². The fourth-order valence-corrected chi connectivity index (χ4v) is 1.76. The van der Waals surface area contributed by atoms with E-state index in [1.54, 1.807) is 0 Å². The summed E-state index contributed by atoms with van der Waals surface area (Å²) >= 11 is 2.03. The summed E-state index contributed by atoms with van der Waals surface area (Å²) in [6.45, 7) is 4.72. The smallest absolute Gasteiger partial charge is 0.00585 e. The van der Waals surface area contributed by atoms with Crippen LogP contribution in [0.4, 0.5) is 0 Å². The summed E-state index contributed by atoms with van der Waals surface area (Å²) in [6.07, 6.45) is 1.27. The molecular formula is C7H16N2S. The van der Waals surface area contributed by atoms with E-state index < -0.39 is 0 Å². The van der Waals surface area contributed by atoms with Crippen molar-refractivity contribution >= 4 is 11.8 Å². The molecule has 10 heavy (non-hydrogen) atoms. The van der Waals surface area contributed by atoms with Gasteiger partial charge in [0, 0.05) is 24.6 Å². The van der Waals surface area contributed by atoms with Gasteiger partial charge in [-0.05, 0) is 19.5 Å². The van der Waals surface area contributed by atoms with Crippen LogP contribution in [-0.2, 0) is 0 Å². The Bertz CT molecular complexity index is 44.8. The van der Waals surface area contributed by atoms with Gasteiger partial charge in [0.05, 0.1) is 0 Å². The Balaban J connectivity index is 2.00. The fourth-order valence-electron chi connectivity index (χ4n) is 0.979. The maximum atomic E-state index is 3.39. The second-order valence-corrected chi connectivity index (χ2v) is 3.69. The Labute approximate surface area is 67.1 Å². The zero-order valence-corrected chi connectivity index (χ0v) is 7.17. The van der Waals surface area contributed by atoms with Crippen molar-refractivity contribution in [2.75, 3.05) is 37.7 Å². The van der Waals surface area contributed by atoms with Gasteiger partial charge in [-0.15, -0.1) is 0 Å². The number of nitrogens with one attached hydrogen (secondary N) is 2. The molecule has 1 saturated heterocycles. The summed E-state index contributed by atoms with van der Waals surface area (Å²) < 4.78 is 0. The van der Waals surface area contributed by atoms with E-state index in [-0.39, 0.29) is 0 Å². The molecule has 3 heteroatoms. The van der Waals surface area contributed by atoms with Gasteiger partial charge in [-0.2, -0.15) is 11.8 Å². The fraction of sp³-hybridized carbons (Fsp3) is 1.00. The molecule has 1 rings (SSSR count). The molecular weight excluding hydrogens is 144 g/mol. The molecule has 0 aromatic rings. The van der Waals surface area contributed by atoms with Crippen molar-refractivity contribution in [1.82, 2.24) is 10.6 Å². The largest absolute Gasteiger partial charge is 0.316 e. The first-order chi connectivity index (χ1) is 5.00. The maximum absolute atomic E-state index is 3.39. The van der Waals surface area contributed by atoms with Crippen molar-refractivity contribution in [2.24, 2.45) is 0 Å². The first-order valence-electron chi connectivity index (χ1n) is 3.99. The molecule has 0 atom stereocenters. The summed E-state index contributed by atoms with van der Waals surface area (Å²) in [6, 6.07) is 0. The minimum Gasteiger partial charge on any atom is -0.316 e. The van der Waals surface area contributed by atoms with Crippen LogP contribution in [0.1, 0.15) is 6.42 Å². The lowest BCUT2D eigenvalue weighted by Crippen LogP contribution is -2.27. The first-order valence-corrected chi connectivity index (χ1v) is 5.15. The predicted molar refractivity (Wildman–Crippen MR) is 47.7 cm³/mol. The van der Waals surface area contributed by atoms with Gasteiger partial charge in [-0.3, -0.25) is 0 Å². The van der Waals surface area contributed by atoms with Gasteiger partial charge in [0.1, 0.15) is 0 Å². The van der Waals surface area contributed by atoms with Crippen LogP contribution in [0.5, 0.6) is 0 Å². The molecule has 1 fully saturated rings. The average Bonchev–Trinajstić information content (AvgIpc) is 2.01. The molecule has 0 aromatic carbocycles. The van der Waals surface area contributed by atoms with E-state index in [4.69, 9.17) is 0 Å². The van der Waals surface area contributed by atoms with Crippen molar-refractivity contribution in [2.45, 2.75) is 6.42 Å². The number of hydrogen-bond donors (Lipinski definition) is 2. The third kappa shape index (κ3) is 4.14. The van der Waals surface area contributed by atoms with Gasteiger partial charge >= 0.3 is 0 Å². The van der Waals surface area contributed by atoms with Crippen LogP contribution < -0.4 is 10.6 Å². The highest BCUT2D eigenvalue weighted by Gasteiger charge is 1.93. The van der Waals surface area contributed by atoms with Gasteiger partial charge in [0.15, 0.2) is 0 Å². The minimum atomic E-state index is 1.17. The van der Waals surface area contributed by atoms with E-state index in [0.29, 0.717) is 0 Å².